The maximum absolute atomic E-state index is 12.5. The van der Waals surface area contributed by atoms with Gasteiger partial charge in [-0.1, -0.05) is 18.6 Å². The number of hydrogen-bond donors (Lipinski definition) is 1. The molecule has 2 unspecified atom stereocenters. The molecule has 0 amide bonds. The third kappa shape index (κ3) is 2.72. The normalized spacial score (nSPS) is 23.0. The Bertz CT molecular complexity index is 417. The van der Waals surface area contributed by atoms with E-state index >= 15 is 0 Å². The molecule has 98 valence electrons. The molecule has 1 aliphatic carbocycles. The van der Waals surface area contributed by atoms with Crippen molar-refractivity contribution in [2.45, 2.75) is 26.2 Å². The summed E-state index contributed by atoms with van der Waals surface area (Å²) in [6.07, 6.45) is 3.17. The standard InChI is InChI=1S/C15H21NO2/c1-2-18-13-7-3-5-11(9-13)15(17)14-8-4-6-12(14)10-16/h3,5,7,9,12,14H,2,4,6,8,10,16H2,1H3. The maximum atomic E-state index is 12.5. The first kappa shape index (κ1) is 13.1. The minimum absolute atomic E-state index is 0.104. The van der Waals surface area contributed by atoms with E-state index in [1.807, 2.05) is 31.2 Å². The fourth-order valence-corrected chi connectivity index (χ4v) is 2.78. The van der Waals surface area contributed by atoms with E-state index in [1.54, 1.807) is 0 Å². The third-order valence-corrected chi connectivity index (χ3v) is 3.73. The highest BCUT2D eigenvalue weighted by Crippen LogP contribution is 2.33. The lowest BCUT2D eigenvalue weighted by Gasteiger charge is -2.16. The number of ketones is 1. The second-order valence-electron chi connectivity index (χ2n) is 4.86. The molecule has 1 fully saturated rings. The number of Topliss-reactive ketones (excluding diaryl/α,β-unsaturated/α-hetero) is 1. The van der Waals surface area contributed by atoms with Crippen LogP contribution in [-0.2, 0) is 0 Å². The van der Waals surface area contributed by atoms with Gasteiger partial charge in [0.25, 0.3) is 0 Å². The van der Waals surface area contributed by atoms with Crippen LogP contribution < -0.4 is 10.5 Å². The lowest BCUT2D eigenvalue weighted by molar-refractivity contribution is 0.0893. The zero-order valence-electron chi connectivity index (χ0n) is 10.9. The van der Waals surface area contributed by atoms with Crippen LogP contribution in [0.25, 0.3) is 0 Å². The maximum Gasteiger partial charge on any atom is 0.166 e. The van der Waals surface area contributed by atoms with Crippen LogP contribution in [0.5, 0.6) is 5.75 Å². The van der Waals surface area contributed by atoms with Crippen molar-refractivity contribution in [3.8, 4) is 5.75 Å². The number of hydrogen-bond acceptors (Lipinski definition) is 3. The molecule has 2 rings (SSSR count). The van der Waals surface area contributed by atoms with Crippen LogP contribution in [0.3, 0.4) is 0 Å². The summed E-state index contributed by atoms with van der Waals surface area (Å²) in [6.45, 7) is 3.17. The van der Waals surface area contributed by atoms with Gasteiger partial charge in [0.05, 0.1) is 6.61 Å². The zero-order chi connectivity index (χ0) is 13.0. The summed E-state index contributed by atoms with van der Waals surface area (Å²) in [5.74, 6) is 1.45. The molecule has 1 aliphatic rings. The second kappa shape index (κ2) is 6.01. The number of ether oxygens (including phenoxy) is 1. The van der Waals surface area contributed by atoms with Crippen molar-refractivity contribution in [2.24, 2.45) is 17.6 Å². The van der Waals surface area contributed by atoms with Gasteiger partial charge in [0.1, 0.15) is 5.75 Å². The lowest BCUT2D eigenvalue weighted by Crippen LogP contribution is -2.25. The number of rotatable bonds is 5. The number of nitrogens with two attached hydrogens (primary N) is 1. The second-order valence-corrected chi connectivity index (χ2v) is 4.86. The fraction of sp³-hybridized carbons (Fsp3) is 0.533. The molecule has 18 heavy (non-hydrogen) atoms. The average molecular weight is 247 g/mol. The molecule has 3 nitrogen and oxygen atoms in total. The van der Waals surface area contributed by atoms with E-state index in [1.165, 1.54) is 0 Å². The van der Waals surface area contributed by atoms with Gasteiger partial charge < -0.3 is 10.5 Å². The van der Waals surface area contributed by atoms with Crippen molar-refractivity contribution < 1.29 is 9.53 Å². The predicted molar refractivity (Wildman–Crippen MR) is 71.8 cm³/mol. The van der Waals surface area contributed by atoms with Gasteiger partial charge in [0.2, 0.25) is 0 Å². The first-order valence-corrected chi connectivity index (χ1v) is 6.73. The average Bonchev–Trinajstić information content (AvgIpc) is 2.87. The summed E-state index contributed by atoms with van der Waals surface area (Å²) in [7, 11) is 0. The third-order valence-electron chi connectivity index (χ3n) is 3.73. The molecule has 0 radical (unpaired) electrons. The van der Waals surface area contributed by atoms with E-state index in [0.717, 1.165) is 30.6 Å². The highest BCUT2D eigenvalue weighted by Gasteiger charge is 2.32. The Labute approximate surface area is 108 Å². The van der Waals surface area contributed by atoms with Crippen molar-refractivity contribution in [3.63, 3.8) is 0 Å². The number of carbonyl (C=O) groups is 1. The van der Waals surface area contributed by atoms with Crippen LogP contribution in [0, 0.1) is 11.8 Å². The monoisotopic (exact) mass is 247 g/mol. The topological polar surface area (TPSA) is 52.3 Å². The van der Waals surface area contributed by atoms with Gasteiger partial charge in [-0.3, -0.25) is 4.79 Å². The van der Waals surface area contributed by atoms with Gasteiger partial charge in [0, 0.05) is 11.5 Å². The van der Waals surface area contributed by atoms with E-state index in [0.29, 0.717) is 19.1 Å². The van der Waals surface area contributed by atoms with Crippen molar-refractivity contribution in [3.05, 3.63) is 29.8 Å². The van der Waals surface area contributed by atoms with Crippen LogP contribution in [-0.4, -0.2) is 18.9 Å². The highest BCUT2D eigenvalue weighted by molar-refractivity contribution is 5.98. The molecular formula is C15H21NO2. The summed E-state index contributed by atoms with van der Waals surface area (Å²) in [5.41, 5.74) is 6.50. The van der Waals surface area contributed by atoms with Crippen molar-refractivity contribution >= 4 is 5.78 Å². The minimum atomic E-state index is 0.104. The summed E-state index contributed by atoms with van der Waals surface area (Å²) in [4.78, 5) is 12.5. The van der Waals surface area contributed by atoms with Gasteiger partial charge in [-0.15, -0.1) is 0 Å². The molecule has 0 spiro atoms. The van der Waals surface area contributed by atoms with Gasteiger partial charge in [-0.25, -0.2) is 0 Å². The molecule has 1 saturated carbocycles. The predicted octanol–water partition coefficient (Wildman–Crippen LogP) is 2.64. The molecule has 2 atom stereocenters. The molecule has 1 aromatic rings. The van der Waals surface area contributed by atoms with E-state index in [9.17, 15) is 4.79 Å². The SMILES string of the molecule is CCOc1cccc(C(=O)C2CCCC2CN)c1. The summed E-state index contributed by atoms with van der Waals surface area (Å²) in [5, 5.41) is 0. The highest BCUT2D eigenvalue weighted by atomic mass is 16.5. The molecule has 3 heteroatoms. The fourth-order valence-electron chi connectivity index (χ4n) is 2.78. The zero-order valence-corrected chi connectivity index (χ0v) is 10.9. The van der Waals surface area contributed by atoms with E-state index in [-0.39, 0.29) is 11.7 Å². The van der Waals surface area contributed by atoms with Crippen LogP contribution in [0.1, 0.15) is 36.5 Å². The Kier molecular flexibility index (Phi) is 4.37. The minimum Gasteiger partial charge on any atom is -0.494 e. The van der Waals surface area contributed by atoms with Crippen molar-refractivity contribution in [1.29, 1.82) is 0 Å². The number of carbonyl (C=O) groups excluding carboxylic acids is 1. The van der Waals surface area contributed by atoms with Crippen LogP contribution in [0.15, 0.2) is 24.3 Å². The Morgan fingerprint density at radius 2 is 2.28 bits per heavy atom. The smallest absolute Gasteiger partial charge is 0.166 e. The van der Waals surface area contributed by atoms with Gasteiger partial charge in [-0.05, 0) is 44.4 Å². The molecule has 0 heterocycles. The quantitative estimate of drug-likeness (QED) is 0.814. The van der Waals surface area contributed by atoms with Crippen LogP contribution in [0.2, 0.25) is 0 Å². The first-order valence-electron chi connectivity index (χ1n) is 6.73. The van der Waals surface area contributed by atoms with Crippen LogP contribution >= 0.6 is 0 Å². The molecular weight excluding hydrogens is 226 g/mol. The Hall–Kier alpha value is -1.35. The molecule has 2 N–H and O–H groups in total. The summed E-state index contributed by atoms with van der Waals surface area (Å²) < 4.78 is 5.44. The first-order chi connectivity index (χ1) is 8.76. The van der Waals surface area contributed by atoms with Crippen molar-refractivity contribution in [1.82, 2.24) is 0 Å². The van der Waals surface area contributed by atoms with Crippen molar-refractivity contribution in [2.75, 3.05) is 13.2 Å². The molecule has 0 saturated heterocycles. The lowest BCUT2D eigenvalue weighted by atomic mass is 9.88. The van der Waals surface area contributed by atoms with E-state index in [2.05, 4.69) is 0 Å². The molecule has 0 aliphatic heterocycles. The van der Waals surface area contributed by atoms with Gasteiger partial charge in [-0.2, -0.15) is 0 Å². The molecule has 0 bridgehead atoms. The van der Waals surface area contributed by atoms with E-state index in [4.69, 9.17) is 10.5 Å². The number of benzene rings is 1. The van der Waals surface area contributed by atoms with Gasteiger partial charge >= 0.3 is 0 Å². The molecule has 0 aromatic heterocycles. The largest absolute Gasteiger partial charge is 0.494 e. The van der Waals surface area contributed by atoms with Gasteiger partial charge in [0.15, 0.2) is 5.78 Å². The summed E-state index contributed by atoms with van der Waals surface area (Å²) >= 11 is 0. The Morgan fingerprint density at radius 3 is 3.00 bits per heavy atom. The Balaban J connectivity index is 2.15. The van der Waals surface area contributed by atoms with E-state index < -0.39 is 0 Å². The summed E-state index contributed by atoms with van der Waals surface area (Å²) in [6, 6.07) is 7.48. The van der Waals surface area contributed by atoms with Crippen LogP contribution in [0.4, 0.5) is 0 Å². The molecule has 1 aromatic carbocycles. The Morgan fingerprint density at radius 1 is 1.44 bits per heavy atom.